The lowest BCUT2D eigenvalue weighted by molar-refractivity contribution is 0.417. The molecule has 1 N–H and O–H groups in total. The van der Waals surface area contributed by atoms with Gasteiger partial charge in [-0.2, -0.15) is 0 Å². The Kier molecular flexibility index (Phi) is 12.9. The van der Waals surface area contributed by atoms with Gasteiger partial charge in [0.2, 0.25) is 0 Å². The summed E-state index contributed by atoms with van der Waals surface area (Å²) < 4.78 is 0. The number of halogens is 1. The fourth-order valence-corrected chi connectivity index (χ4v) is 2.17. The highest BCUT2D eigenvalue weighted by Crippen LogP contribution is 2.11. The fraction of sp³-hybridized carbons (Fsp3) is 1.00. The van der Waals surface area contributed by atoms with E-state index in [4.69, 9.17) is 0 Å². The van der Waals surface area contributed by atoms with E-state index in [1.165, 1.54) is 58.0 Å². The molecule has 0 amide bonds. The van der Waals surface area contributed by atoms with Crippen molar-refractivity contribution in [3.8, 4) is 0 Å². The summed E-state index contributed by atoms with van der Waals surface area (Å²) in [4.78, 5) is 0. The number of unbranched alkanes of at least 4 members (excludes halogenated alkanes) is 3. The second-order valence-corrected chi connectivity index (χ2v) is 5.16. The molecule has 0 radical (unpaired) electrons. The fourth-order valence-electron chi connectivity index (χ4n) is 1.77. The highest BCUT2D eigenvalue weighted by Gasteiger charge is 2.04. The van der Waals surface area contributed by atoms with Crippen LogP contribution in [-0.2, 0) is 0 Å². The lowest BCUT2D eigenvalue weighted by Crippen LogP contribution is -2.23. The third-order valence-electron chi connectivity index (χ3n) is 2.96. The van der Waals surface area contributed by atoms with Gasteiger partial charge in [0.1, 0.15) is 0 Å². The van der Waals surface area contributed by atoms with Gasteiger partial charge in [0.25, 0.3) is 0 Å². The predicted molar refractivity (Wildman–Crippen MR) is 73.8 cm³/mol. The Morgan fingerprint density at radius 2 is 1.87 bits per heavy atom. The Hall–Kier alpha value is 0.440. The minimum absolute atomic E-state index is 0.904. The van der Waals surface area contributed by atoms with Gasteiger partial charge in [-0.3, -0.25) is 0 Å². The highest BCUT2D eigenvalue weighted by atomic mass is 79.9. The minimum atomic E-state index is 0.904. The van der Waals surface area contributed by atoms with E-state index in [-0.39, 0.29) is 0 Å². The zero-order valence-corrected chi connectivity index (χ0v) is 12.1. The van der Waals surface area contributed by atoms with Gasteiger partial charge in [0.15, 0.2) is 0 Å². The second-order valence-electron chi connectivity index (χ2n) is 4.37. The molecule has 0 aromatic carbocycles. The third kappa shape index (κ3) is 10.7. The van der Waals surface area contributed by atoms with Crippen LogP contribution in [0.4, 0.5) is 0 Å². The quantitative estimate of drug-likeness (QED) is 0.437. The van der Waals surface area contributed by atoms with Crippen molar-refractivity contribution < 1.29 is 0 Å². The van der Waals surface area contributed by atoms with Gasteiger partial charge >= 0.3 is 0 Å². The van der Waals surface area contributed by atoms with Crippen molar-refractivity contribution in [2.45, 2.75) is 58.8 Å². The van der Waals surface area contributed by atoms with E-state index < -0.39 is 0 Å². The normalized spacial score (nSPS) is 13.0. The summed E-state index contributed by atoms with van der Waals surface area (Å²) in [5, 5.41) is 4.74. The average Bonchev–Trinajstić information content (AvgIpc) is 2.27. The SMILES string of the molecule is CCCCC(CC)CNCCCCCBr. The van der Waals surface area contributed by atoms with Gasteiger partial charge in [-0.05, 0) is 38.3 Å². The summed E-state index contributed by atoms with van der Waals surface area (Å²) in [5.74, 6) is 0.904. The van der Waals surface area contributed by atoms with E-state index in [1.807, 2.05) is 0 Å². The third-order valence-corrected chi connectivity index (χ3v) is 3.52. The van der Waals surface area contributed by atoms with Crippen molar-refractivity contribution in [1.82, 2.24) is 5.32 Å². The van der Waals surface area contributed by atoms with Crippen LogP contribution in [0.5, 0.6) is 0 Å². The number of hydrogen-bond donors (Lipinski definition) is 1. The van der Waals surface area contributed by atoms with Crippen molar-refractivity contribution in [1.29, 1.82) is 0 Å². The molecule has 1 nitrogen and oxygen atoms in total. The van der Waals surface area contributed by atoms with Crippen LogP contribution in [0.3, 0.4) is 0 Å². The molecular formula is C13H28BrN. The Balaban J connectivity index is 3.22. The summed E-state index contributed by atoms with van der Waals surface area (Å²) in [6.07, 6.45) is 9.45. The Bertz CT molecular complexity index is 117. The molecule has 1 unspecified atom stereocenters. The first-order chi connectivity index (χ1) is 7.35. The minimum Gasteiger partial charge on any atom is -0.316 e. The molecule has 92 valence electrons. The van der Waals surface area contributed by atoms with Crippen LogP contribution in [-0.4, -0.2) is 18.4 Å². The van der Waals surface area contributed by atoms with Crippen LogP contribution in [0.25, 0.3) is 0 Å². The topological polar surface area (TPSA) is 12.0 Å². The van der Waals surface area contributed by atoms with Crippen LogP contribution in [0, 0.1) is 5.92 Å². The van der Waals surface area contributed by atoms with Crippen LogP contribution in [0.2, 0.25) is 0 Å². The molecule has 0 bridgehead atoms. The first-order valence-electron chi connectivity index (χ1n) is 6.61. The molecule has 0 saturated carbocycles. The molecule has 0 aromatic heterocycles. The molecular weight excluding hydrogens is 250 g/mol. The first kappa shape index (κ1) is 15.4. The predicted octanol–water partition coefficient (Wildman–Crippen LogP) is 4.36. The first-order valence-corrected chi connectivity index (χ1v) is 7.73. The smallest absolute Gasteiger partial charge is 0.00313 e. The summed E-state index contributed by atoms with van der Waals surface area (Å²) >= 11 is 3.46. The molecule has 0 rings (SSSR count). The van der Waals surface area contributed by atoms with Gasteiger partial charge < -0.3 is 5.32 Å². The standard InChI is InChI=1S/C13H28BrN/c1-3-5-9-13(4-2)12-15-11-8-6-7-10-14/h13,15H,3-12H2,1-2H3. The summed E-state index contributed by atoms with van der Waals surface area (Å²) in [5.41, 5.74) is 0. The van der Waals surface area contributed by atoms with E-state index in [9.17, 15) is 0 Å². The van der Waals surface area contributed by atoms with E-state index in [2.05, 4.69) is 35.1 Å². The molecule has 0 aliphatic carbocycles. The molecule has 0 fully saturated rings. The molecule has 0 spiro atoms. The van der Waals surface area contributed by atoms with Gasteiger partial charge in [-0.15, -0.1) is 0 Å². The molecule has 0 aliphatic heterocycles. The van der Waals surface area contributed by atoms with Crippen LogP contribution in [0.15, 0.2) is 0 Å². The van der Waals surface area contributed by atoms with E-state index in [0.29, 0.717) is 0 Å². The van der Waals surface area contributed by atoms with Crippen molar-refractivity contribution in [3.05, 3.63) is 0 Å². The molecule has 1 atom stereocenters. The van der Waals surface area contributed by atoms with Crippen molar-refractivity contribution in [3.63, 3.8) is 0 Å². The Labute approximate surface area is 105 Å². The van der Waals surface area contributed by atoms with Crippen molar-refractivity contribution in [2.24, 2.45) is 5.92 Å². The maximum Gasteiger partial charge on any atom is 0.00313 e. The van der Waals surface area contributed by atoms with Gasteiger partial charge in [0.05, 0.1) is 0 Å². The number of nitrogens with one attached hydrogen (secondary N) is 1. The number of rotatable bonds is 11. The molecule has 0 aromatic rings. The lowest BCUT2D eigenvalue weighted by atomic mass is 9.99. The van der Waals surface area contributed by atoms with Crippen LogP contribution in [0.1, 0.15) is 58.8 Å². The maximum atomic E-state index is 3.59. The van der Waals surface area contributed by atoms with Crippen molar-refractivity contribution >= 4 is 15.9 Å². The van der Waals surface area contributed by atoms with Crippen LogP contribution >= 0.6 is 15.9 Å². The van der Waals surface area contributed by atoms with E-state index in [1.54, 1.807) is 0 Å². The number of alkyl halides is 1. The lowest BCUT2D eigenvalue weighted by Gasteiger charge is -2.15. The zero-order chi connectivity index (χ0) is 11.4. The summed E-state index contributed by atoms with van der Waals surface area (Å²) in [6.45, 7) is 7.02. The van der Waals surface area contributed by atoms with Gasteiger partial charge in [0, 0.05) is 5.33 Å². The second kappa shape index (κ2) is 12.5. The number of hydrogen-bond acceptors (Lipinski definition) is 1. The largest absolute Gasteiger partial charge is 0.316 e. The highest BCUT2D eigenvalue weighted by molar-refractivity contribution is 9.09. The van der Waals surface area contributed by atoms with E-state index >= 15 is 0 Å². The van der Waals surface area contributed by atoms with Crippen molar-refractivity contribution in [2.75, 3.05) is 18.4 Å². The molecule has 0 heterocycles. The zero-order valence-electron chi connectivity index (χ0n) is 10.5. The molecule has 2 heteroatoms. The molecule has 0 aliphatic rings. The van der Waals surface area contributed by atoms with Gasteiger partial charge in [-0.25, -0.2) is 0 Å². The van der Waals surface area contributed by atoms with Gasteiger partial charge in [-0.1, -0.05) is 55.5 Å². The molecule has 0 saturated heterocycles. The molecule has 15 heavy (non-hydrogen) atoms. The average molecular weight is 278 g/mol. The van der Waals surface area contributed by atoms with E-state index in [0.717, 1.165) is 11.2 Å². The monoisotopic (exact) mass is 277 g/mol. The maximum absolute atomic E-state index is 3.59. The summed E-state index contributed by atoms with van der Waals surface area (Å²) in [7, 11) is 0. The Morgan fingerprint density at radius 1 is 1.07 bits per heavy atom. The van der Waals surface area contributed by atoms with Crippen LogP contribution < -0.4 is 5.32 Å². The summed E-state index contributed by atoms with van der Waals surface area (Å²) in [6, 6.07) is 0. The Morgan fingerprint density at radius 3 is 2.47 bits per heavy atom.